The fraction of sp³-hybridized carbons (Fsp3) is 0.409. The Hall–Kier alpha value is -3.13. The zero-order chi connectivity index (χ0) is 21.7. The van der Waals surface area contributed by atoms with Gasteiger partial charge in [0.05, 0.1) is 19.0 Å². The summed E-state index contributed by atoms with van der Waals surface area (Å²) in [7, 11) is 1.41. The predicted octanol–water partition coefficient (Wildman–Crippen LogP) is 3.79. The van der Waals surface area contributed by atoms with Gasteiger partial charge in [0.2, 0.25) is 0 Å². The van der Waals surface area contributed by atoms with Gasteiger partial charge in [-0.1, -0.05) is 12.1 Å². The number of methoxy groups -OCH3 is 1. The molecule has 1 aliphatic heterocycles. The number of pyridine rings is 1. The number of aromatic nitrogens is 1. The maximum absolute atomic E-state index is 12.4. The van der Waals surface area contributed by atoms with Crippen molar-refractivity contribution in [2.75, 3.05) is 43.9 Å². The Bertz CT molecular complexity index is 892. The molecule has 30 heavy (non-hydrogen) atoms. The fourth-order valence-corrected chi connectivity index (χ4v) is 3.69. The molecule has 2 aromatic rings. The number of ether oxygens (including phenoxy) is 1. The van der Waals surface area contributed by atoms with E-state index in [0.29, 0.717) is 18.8 Å². The summed E-state index contributed by atoms with van der Waals surface area (Å²) in [6.07, 6.45) is 1.35. The monoisotopic (exact) mass is 411 g/mol. The Balaban J connectivity index is 1.65. The van der Waals surface area contributed by atoms with Gasteiger partial charge >= 0.3 is 12.1 Å². The van der Waals surface area contributed by atoms with Crippen LogP contribution in [0.25, 0.3) is 0 Å². The summed E-state index contributed by atoms with van der Waals surface area (Å²) in [5.41, 5.74) is 4.48. The van der Waals surface area contributed by atoms with Crippen LogP contribution >= 0.6 is 0 Å². The van der Waals surface area contributed by atoms with Crippen LogP contribution in [0.2, 0.25) is 0 Å². The van der Waals surface area contributed by atoms with E-state index in [-0.39, 0.29) is 18.2 Å². The third-order valence-corrected chi connectivity index (χ3v) is 5.54. The SMILES string of the molecule is COC(=O)N1CCN([C@@H](C)c2cccc(NC(=O)Nc3ccc(C)nc3)c2C)CC1. The molecule has 2 N–H and O–H groups in total. The molecule has 3 rings (SSSR count). The van der Waals surface area contributed by atoms with Crippen molar-refractivity contribution in [1.29, 1.82) is 0 Å². The van der Waals surface area contributed by atoms with E-state index in [2.05, 4.69) is 33.5 Å². The third-order valence-electron chi connectivity index (χ3n) is 5.54. The molecule has 0 saturated carbocycles. The minimum absolute atomic E-state index is 0.163. The van der Waals surface area contributed by atoms with Crippen molar-refractivity contribution < 1.29 is 14.3 Å². The van der Waals surface area contributed by atoms with E-state index < -0.39 is 0 Å². The van der Waals surface area contributed by atoms with Gasteiger partial charge in [0.1, 0.15) is 0 Å². The van der Waals surface area contributed by atoms with Gasteiger partial charge in [-0.25, -0.2) is 9.59 Å². The van der Waals surface area contributed by atoms with Crippen LogP contribution in [0.15, 0.2) is 36.5 Å². The molecule has 2 heterocycles. The second-order valence-electron chi connectivity index (χ2n) is 7.46. The van der Waals surface area contributed by atoms with Crippen LogP contribution in [0.4, 0.5) is 21.0 Å². The maximum atomic E-state index is 12.4. The van der Waals surface area contributed by atoms with Gasteiger partial charge in [-0.15, -0.1) is 0 Å². The first-order valence-electron chi connectivity index (χ1n) is 10.1. The number of carbonyl (C=O) groups excluding carboxylic acids is 2. The van der Waals surface area contributed by atoms with Crippen LogP contribution in [0.1, 0.15) is 29.8 Å². The quantitative estimate of drug-likeness (QED) is 0.799. The molecule has 8 nitrogen and oxygen atoms in total. The summed E-state index contributed by atoms with van der Waals surface area (Å²) < 4.78 is 4.81. The van der Waals surface area contributed by atoms with Crippen molar-refractivity contribution in [2.24, 2.45) is 0 Å². The van der Waals surface area contributed by atoms with E-state index in [1.54, 1.807) is 11.1 Å². The van der Waals surface area contributed by atoms with E-state index in [4.69, 9.17) is 4.74 Å². The largest absolute Gasteiger partial charge is 0.453 e. The van der Waals surface area contributed by atoms with Gasteiger partial charge in [0, 0.05) is 43.6 Å². The molecule has 0 aliphatic carbocycles. The average molecular weight is 412 g/mol. The van der Waals surface area contributed by atoms with E-state index in [1.807, 2.05) is 38.1 Å². The Labute approximate surface area is 177 Å². The number of rotatable bonds is 4. The molecule has 0 radical (unpaired) electrons. The number of benzene rings is 1. The van der Waals surface area contributed by atoms with Crippen LogP contribution in [-0.4, -0.2) is 60.2 Å². The van der Waals surface area contributed by atoms with Crippen molar-refractivity contribution in [3.8, 4) is 0 Å². The lowest BCUT2D eigenvalue weighted by atomic mass is 9.99. The average Bonchev–Trinajstić information content (AvgIpc) is 2.76. The van der Waals surface area contributed by atoms with Gasteiger partial charge in [-0.05, 0) is 50.1 Å². The van der Waals surface area contributed by atoms with E-state index in [9.17, 15) is 9.59 Å². The molecule has 8 heteroatoms. The first-order chi connectivity index (χ1) is 14.4. The summed E-state index contributed by atoms with van der Waals surface area (Å²) in [5, 5.41) is 5.74. The van der Waals surface area contributed by atoms with Crippen molar-refractivity contribution in [2.45, 2.75) is 26.8 Å². The van der Waals surface area contributed by atoms with E-state index in [1.165, 1.54) is 7.11 Å². The number of hydrogen-bond donors (Lipinski definition) is 2. The number of nitrogens with one attached hydrogen (secondary N) is 2. The molecule has 160 valence electrons. The van der Waals surface area contributed by atoms with Gasteiger partial charge in [0.25, 0.3) is 0 Å². The molecular formula is C22H29N5O3. The Kier molecular flexibility index (Phi) is 6.89. The number of amides is 3. The smallest absolute Gasteiger partial charge is 0.409 e. The zero-order valence-electron chi connectivity index (χ0n) is 17.9. The van der Waals surface area contributed by atoms with Crippen LogP contribution in [0, 0.1) is 13.8 Å². The van der Waals surface area contributed by atoms with Crippen LogP contribution < -0.4 is 10.6 Å². The standard InChI is InChI=1S/C22H29N5O3/c1-15-8-9-18(14-23-15)24-21(28)25-20-7-5-6-19(16(20)2)17(3)26-10-12-27(13-11-26)22(29)30-4/h5-9,14,17H,10-13H2,1-4H3,(H2,24,25,28)/t17-/m0/s1. The molecule has 1 saturated heterocycles. The summed E-state index contributed by atoms with van der Waals surface area (Å²) in [5.74, 6) is 0. The first kappa shape index (κ1) is 21.6. The number of carbonyl (C=O) groups is 2. The van der Waals surface area contributed by atoms with Gasteiger partial charge in [0.15, 0.2) is 0 Å². The molecule has 1 aliphatic rings. The van der Waals surface area contributed by atoms with Crippen LogP contribution in [-0.2, 0) is 4.74 Å². The highest BCUT2D eigenvalue weighted by molar-refractivity contribution is 6.00. The zero-order valence-corrected chi connectivity index (χ0v) is 17.9. The number of hydrogen-bond acceptors (Lipinski definition) is 5. The normalized spacial score (nSPS) is 15.4. The summed E-state index contributed by atoms with van der Waals surface area (Å²) in [6, 6.07) is 9.46. The Morgan fingerprint density at radius 3 is 2.43 bits per heavy atom. The molecule has 1 aromatic heterocycles. The highest BCUT2D eigenvalue weighted by atomic mass is 16.5. The molecule has 0 unspecified atom stereocenters. The van der Waals surface area contributed by atoms with Crippen molar-refractivity contribution in [3.05, 3.63) is 53.3 Å². The molecule has 1 atom stereocenters. The minimum Gasteiger partial charge on any atom is -0.453 e. The highest BCUT2D eigenvalue weighted by Gasteiger charge is 2.26. The van der Waals surface area contributed by atoms with Crippen LogP contribution in [0.3, 0.4) is 0 Å². The summed E-state index contributed by atoms with van der Waals surface area (Å²) >= 11 is 0. The fourth-order valence-electron chi connectivity index (χ4n) is 3.69. The topological polar surface area (TPSA) is 86.8 Å². The van der Waals surface area contributed by atoms with Gasteiger partial charge < -0.3 is 20.3 Å². The molecule has 1 aromatic carbocycles. The number of aryl methyl sites for hydroxylation is 1. The Morgan fingerprint density at radius 1 is 1.07 bits per heavy atom. The van der Waals surface area contributed by atoms with Crippen LogP contribution in [0.5, 0.6) is 0 Å². The second kappa shape index (κ2) is 9.58. The van der Waals surface area contributed by atoms with Crippen molar-refractivity contribution in [3.63, 3.8) is 0 Å². The lowest BCUT2D eigenvalue weighted by Gasteiger charge is -2.38. The van der Waals surface area contributed by atoms with E-state index in [0.717, 1.165) is 35.6 Å². The van der Waals surface area contributed by atoms with Gasteiger partial charge in [-0.3, -0.25) is 9.88 Å². The number of anilines is 2. The van der Waals surface area contributed by atoms with Crippen molar-refractivity contribution >= 4 is 23.5 Å². The number of piperazine rings is 1. The predicted molar refractivity (Wildman–Crippen MR) is 117 cm³/mol. The second-order valence-corrected chi connectivity index (χ2v) is 7.46. The molecule has 1 fully saturated rings. The number of nitrogens with zero attached hydrogens (tertiary/aromatic N) is 3. The lowest BCUT2D eigenvalue weighted by molar-refractivity contribution is 0.0777. The molecule has 0 spiro atoms. The molecule has 0 bridgehead atoms. The Morgan fingerprint density at radius 2 is 1.80 bits per heavy atom. The first-order valence-corrected chi connectivity index (χ1v) is 10.1. The molecular weight excluding hydrogens is 382 g/mol. The third kappa shape index (κ3) is 5.07. The summed E-state index contributed by atoms with van der Waals surface area (Å²) in [6.45, 7) is 8.89. The number of urea groups is 1. The summed E-state index contributed by atoms with van der Waals surface area (Å²) in [4.78, 5) is 32.4. The lowest BCUT2D eigenvalue weighted by Crippen LogP contribution is -2.49. The highest BCUT2D eigenvalue weighted by Crippen LogP contribution is 2.29. The van der Waals surface area contributed by atoms with Crippen molar-refractivity contribution in [1.82, 2.24) is 14.8 Å². The maximum Gasteiger partial charge on any atom is 0.409 e. The van der Waals surface area contributed by atoms with E-state index >= 15 is 0 Å². The van der Waals surface area contributed by atoms with Gasteiger partial charge in [-0.2, -0.15) is 0 Å². The minimum atomic E-state index is -0.305. The molecule has 3 amide bonds.